The minimum Gasteiger partial charge on any atom is -0.467 e. The predicted molar refractivity (Wildman–Crippen MR) is 121 cm³/mol. The number of carbonyl (C=O) groups is 2. The number of likely N-dealkylation sites (tertiary alicyclic amines) is 1. The number of pyridine rings is 1. The molecule has 0 saturated carbocycles. The van der Waals surface area contributed by atoms with Crippen LogP contribution in [0.15, 0.2) is 71.7 Å². The zero-order chi connectivity index (χ0) is 22.6. The zero-order valence-corrected chi connectivity index (χ0v) is 17.7. The number of hydrogen-bond donors (Lipinski definition) is 1. The lowest BCUT2D eigenvalue weighted by Crippen LogP contribution is -2.61. The van der Waals surface area contributed by atoms with Crippen LogP contribution in [0, 0.1) is 0 Å². The van der Waals surface area contributed by atoms with Gasteiger partial charge in [-0.3, -0.25) is 18.8 Å². The molecule has 0 bridgehead atoms. The van der Waals surface area contributed by atoms with E-state index in [4.69, 9.17) is 4.74 Å². The molecule has 6 rings (SSSR count). The van der Waals surface area contributed by atoms with Gasteiger partial charge >= 0.3 is 0 Å². The highest BCUT2D eigenvalue weighted by Crippen LogP contribution is 2.33. The number of carbonyl (C=O) groups excluding carboxylic acids is 2. The average molecular weight is 440 g/mol. The summed E-state index contributed by atoms with van der Waals surface area (Å²) in [5, 5.41) is 3.49. The Labute approximate surface area is 188 Å². The summed E-state index contributed by atoms with van der Waals surface area (Å²) in [6, 6.07) is 17.6. The molecule has 2 aromatic heterocycles. The van der Waals surface area contributed by atoms with E-state index in [-0.39, 0.29) is 17.4 Å². The van der Waals surface area contributed by atoms with Gasteiger partial charge in [-0.05, 0) is 36.4 Å². The third kappa shape index (κ3) is 3.06. The number of nitrogens with zero attached hydrogens (tertiary/aromatic N) is 3. The Bertz CT molecular complexity index is 1500. The molecule has 4 aromatic rings. The molecule has 4 heterocycles. The number of para-hydroxylation sites is 2. The van der Waals surface area contributed by atoms with Crippen LogP contribution in [-0.2, 0) is 0 Å². The highest BCUT2D eigenvalue weighted by atomic mass is 16.5. The molecule has 1 fully saturated rings. The molecule has 2 aromatic carbocycles. The van der Waals surface area contributed by atoms with Crippen LogP contribution >= 0.6 is 0 Å². The minimum atomic E-state index is -0.827. The van der Waals surface area contributed by atoms with Gasteiger partial charge in [0.25, 0.3) is 17.4 Å². The van der Waals surface area contributed by atoms with Gasteiger partial charge in [0.2, 0.25) is 0 Å². The average Bonchev–Trinajstić information content (AvgIpc) is 2.84. The van der Waals surface area contributed by atoms with Crippen molar-refractivity contribution < 1.29 is 14.3 Å². The summed E-state index contributed by atoms with van der Waals surface area (Å²) < 4.78 is 7.59. The van der Waals surface area contributed by atoms with E-state index in [1.54, 1.807) is 59.6 Å². The number of ether oxygens (including phenoxy) is 1. The van der Waals surface area contributed by atoms with Crippen molar-refractivity contribution >= 4 is 28.4 Å². The van der Waals surface area contributed by atoms with E-state index in [1.807, 2.05) is 12.1 Å². The summed E-state index contributed by atoms with van der Waals surface area (Å²) in [4.78, 5) is 45.2. The maximum absolute atomic E-state index is 13.4. The van der Waals surface area contributed by atoms with Gasteiger partial charge in [-0.1, -0.05) is 24.3 Å². The van der Waals surface area contributed by atoms with E-state index in [1.165, 1.54) is 4.40 Å². The predicted octanol–water partition coefficient (Wildman–Crippen LogP) is 2.60. The van der Waals surface area contributed by atoms with Crippen LogP contribution in [0.1, 0.15) is 33.6 Å². The van der Waals surface area contributed by atoms with Crippen LogP contribution in [0.4, 0.5) is 0 Å². The van der Waals surface area contributed by atoms with Gasteiger partial charge in [-0.15, -0.1) is 0 Å². The Morgan fingerprint density at radius 3 is 2.58 bits per heavy atom. The highest BCUT2D eigenvalue weighted by Gasteiger charge is 2.43. The first-order valence-electron chi connectivity index (χ1n) is 10.8. The molecule has 8 heteroatoms. The van der Waals surface area contributed by atoms with Gasteiger partial charge in [0.05, 0.1) is 22.0 Å². The van der Waals surface area contributed by atoms with Gasteiger partial charge < -0.3 is 15.0 Å². The van der Waals surface area contributed by atoms with E-state index < -0.39 is 5.72 Å². The van der Waals surface area contributed by atoms with Crippen molar-refractivity contribution in [2.45, 2.75) is 18.6 Å². The Morgan fingerprint density at radius 1 is 0.970 bits per heavy atom. The Hall–Kier alpha value is -4.20. The van der Waals surface area contributed by atoms with E-state index >= 15 is 0 Å². The van der Waals surface area contributed by atoms with Crippen LogP contribution in [0.5, 0.6) is 5.75 Å². The van der Waals surface area contributed by atoms with Crippen LogP contribution in [0.2, 0.25) is 0 Å². The summed E-state index contributed by atoms with van der Waals surface area (Å²) in [5.74, 6) is 0.194. The first kappa shape index (κ1) is 19.5. The molecule has 1 spiro atoms. The number of hydrogen-bond acceptors (Lipinski definition) is 5. The maximum atomic E-state index is 13.4. The van der Waals surface area contributed by atoms with Crippen LogP contribution in [0.3, 0.4) is 0 Å². The van der Waals surface area contributed by atoms with Crippen molar-refractivity contribution in [3.63, 3.8) is 0 Å². The SMILES string of the molecule is O=C1NC2(CCN(C(=O)c3cccn4c(=O)c5ccccc5nc34)CC2)Oc2ccccc21. The Kier molecular flexibility index (Phi) is 4.23. The summed E-state index contributed by atoms with van der Waals surface area (Å²) in [6.07, 6.45) is 2.54. The molecule has 164 valence electrons. The van der Waals surface area contributed by atoms with Crippen LogP contribution in [0.25, 0.3) is 16.6 Å². The third-order valence-corrected chi connectivity index (χ3v) is 6.41. The fourth-order valence-corrected chi connectivity index (χ4v) is 4.66. The molecule has 8 nitrogen and oxygen atoms in total. The van der Waals surface area contributed by atoms with E-state index in [0.29, 0.717) is 59.4 Å². The first-order valence-corrected chi connectivity index (χ1v) is 10.8. The normalized spacial score (nSPS) is 17.0. The zero-order valence-electron chi connectivity index (χ0n) is 17.7. The standard InChI is InChI=1S/C25H20N4O4/c30-22-17-7-2-4-10-20(17)33-25(27-22)11-14-28(15-12-25)23(31)18-8-5-13-29-21(18)26-19-9-3-1-6-16(19)24(29)32/h1-10,13H,11-12,14-15H2,(H,27,30). The van der Waals surface area contributed by atoms with Crippen LogP contribution in [-0.4, -0.2) is 44.9 Å². The van der Waals surface area contributed by atoms with Crippen molar-refractivity contribution in [2.75, 3.05) is 13.1 Å². The number of aromatic nitrogens is 2. The molecule has 0 unspecified atom stereocenters. The van der Waals surface area contributed by atoms with Gasteiger partial charge in [0, 0.05) is 32.1 Å². The number of piperidine rings is 1. The Morgan fingerprint density at radius 2 is 1.73 bits per heavy atom. The first-order chi connectivity index (χ1) is 16.0. The molecule has 2 aliphatic heterocycles. The van der Waals surface area contributed by atoms with Gasteiger partial charge in [-0.2, -0.15) is 0 Å². The molecule has 1 saturated heterocycles. The molecular formula is C25H20N4O4. The van der Waals surface area contributed by atoms with Crippen molar-refractivity contribution in [2.24, 2.45) is 0 Å². The molecule has 1 N–H and O–H groups in total. The van der Waals surface area contributed by atoms with Crippen molar-refractivity contribution in [3.05, 3.63) is 88.3 Å². The number of amides is 2. The highest BCUT2D eigenvalue weighted by molar-refractivity contribution is 6.01. The Balaban J connectivity index is 1.30. The molecular weight excluding hydrogens is 420 g/mol. The lowest BCUT2D eigenvalue weighted by atomic mass is 9.96. The number of fused-ring (bicyclic) bond motifs is 3. The lowest BCUT2D eigenvalue weighted by molar-refractivity contribution is -0.0245. The second-order valence-corrected chi connectivity index (χ2v) is 8.39. The summed E-state index contributed by atoms with van der Waals surface area (Å²) in [6.45, 7) is 0.806. The fraction of sp³-hybridized carbons (Fsp3) is 0.200. The summed E-state index contributed by atoms with van der Waals surface area (Å²) >= 11 is 0. The summed E-state index contributed by atoms with van der Waals surface area (Å²) in [5.41, 5.74) is 0.739. The quantitative estimate of drug-likeness (QED) is 0.460. The number of benzene rings is 2. The lowest BCUT2D eigenvalue weighted by Gasteiger charge is -2.44. The maximum Gasteiger partial charge on any atom is 0.265 e. The number of nitrogens with one attached hydrogen (secondary N) is 1. The van der Waals surface area contributed by atoms with Crippen molar-refractivity contribution in [3.8, 4) is 5.75 Å². The fourth-order valence-electron chi connectivity index (χ4n) is 4.66. The van der Waals surface area contributed by atoms with E-state index in [2.05, 4.69) is 10.3 Å². The summed E-state index contributed by atoms with van der Waals surface area (Å²) in [7, 11) is 0. The molecule has 0 atom stereocenters. The minimum absolute atomic E-state index is 0.166. The molecule has 2 aliphatic rings. The molecule has 2 amide bonds. The second kappa shape index (κ2) is 7.16. The third-order valence-electron chi connectivity index (χ3n) is 6.41. The van der Waals surface area contributed by atoms with Gasteiger partial charge in [-0.25, -0.2) is 4.98 Å². The van der Waals surface area contributed by atoms with Crippen molar-refractivity contribution in [1.82, 2.24) is 19.6 Å². The largest absolute Gasteiger partial charge is 0.467 e. The topological polar surface area (TPSA) is 93.0 Å². The van der Waals surface area contributed by atoms with E-state index in [0.717, 1.165) is 0 Å². The molecule has 0 aliphatic carbocycles. The molecule has 33 heavy (non-hydrogen) atoms. The van der Waals surface area contributed by atoms with Gasteiger partial charge in [0.1, 0.15) is 5.75 Å². The molecule has 0 radical (unpaired) electrons. The number of rotatable bonds is 1. The van der Waals surface area contributed by atoms with E-state index in [9.17, 15) is 14.4 Å². The monoisotopic (exact) mass is 440 g/mol. The second-order valence-electron chi connectivity index (χ2n) is 8.39. The van der Waals surface area contributed by atoms with Crippen molar-refractivity contribution in [1.29, 1.82) is 0 Å². The smallest absolute Gasteiger partial charge is 0.265 e. The van der Waals surface area contributed by atoms with Crippen LogP contribution < -0.4 is 15.6 Å². The van der Waals surface area contributed by atoms with Gasteiger partial charge in [0.15, 0.2) is 11.4 Å².